The van der Waals surface area contributed by atoms with Gasteiger partial charge in [0.2, 0.25) is 18.6 Å². The SMILES string of the molecule is CC(C)CNC(=O)[C@H](NC(=O)CC(C)C)C1CCN(C(=O)c2ccc3c(c2)OCO3)CC1. The van der Waals surface area contributed by atoms with Crippen LogP contribution in [0.3, 0.4) is 0 Å². The molecule has 2 aliphatic rings. The van der Waals surface area contributed by atoms with Crippen molar-refractivity contribution in [3.63, 3.8) is 0 Å². The summed E-state index contributed by atoms with van der Waals surface area (Å²) in [6, 6.07) is 4.63. The number of likely N-dealkylation sites (tertiary alicyclic amines) is 1. The van der Waals surface area contributed by atoms with Gasteiger partial charge in [-0.25, -0.2) is 0 Å². The van der Waals surface area contributed by atoms with Gasteiger partial charge in [-0.3, -0.25) is 14.4 Å². The monoisotopic (exact) mass is 445 g/mol. The van der Waals surface area contributed by atoms with E-state index < -0.39 is 6.04 Å². The van der Waals surface area contributed by atoms with Crippen molar-refractivity contribution >= 4 is 17.7 Å². The van der Waals surface area contributed by atoms with Crippen molar-refractivity contribution < 1.29 is 23.9 Å². The van der Waals surface area contributed by atoms with Crippen LogP contribution in [0.2, 0.25) is 0 Å². The van der Waals surface area contributed by atoms with E-state index in [4.69, 9.17) is 9.47 Å². The third kappa shape index (κ3) is 6.14. The number of carbonyl (C=O) groups is 3. The summed E-state index contributed by atoms with van der Waals surface area (Å²) in [6.45, 7) is 9.83. The number of carbonyl (C=O) groups excluding carboxylic acids is 3. The molecule has 32 heavy (non-hydrogen) atoms. The van der Waals surface area contributed by atoms with Crippen molar-refractivity contribution in [2.45, 2.75) is 53.0 Å². The molecule has 0 spiro atoms. The smallest absolute Gasteiger partial charge is 0.253 e. The predicted octanol–water partition coefficient (Wildman–Crippen LogP) is 2.57. The number of hydrogen-bond donors (Lipinski definition) is 2. The van der Waals surface area contributed by atoms with Gasteiger partial charge in [0.05, 0.1) is 0 Å². The van der Waals surface area contributed by atoms with Gasteiger partial charge in [0.1, 0.15) is 6.04 Å². The minimum atomic E-state index is -0.581. The summed E-state index contributed by atoms with van der Waals surface area (Å²) in [6.07, 6.45) is 1.69. The molecule has 2 N–H and O–H groups in total. The zero-order valence-corrected chi connectivity index (χ0v) is 19.5. The van der Waals surface area contributed by atoms with Crippen LogP contribution in [0.25, 0.3) is 0 Å². The number of piperidine rings is 1. The van der Waals surface area contributed by atoms with Crippen LogP contribution in [0.4, 0.5) is 0 Å². The van der Waals surface area contributed by atoms with Crippen LogP contribution in [0.15, 0.2) is 18.2 Å². The lowest BCUT2D eigenvalue weighted by Crippen LogP contribution is -2.54. The number of amides is 3. The fraction of sp³-hybridized carbons (Fsp3) is 0.625. The molecular formula is C24H35N3O5. The third-order valence-corrected chi connectivity index (χ3v) is 5.79. The van der Waals surface area contributed by atoms with E-state index in [1.165, 1.54) is 0 Å². The Hall–Kier alpha value is -2.77. The standard InChI is InChI=1S/C24H35N3O5/c1-15(2)11-21(28)26-22(23(29)25-13-16(3)4)17-7-9-27(10-8-17)24(30)18-5-6-19-20(12-18)32-14-31-19/h5-6,12,15-17,22H,7-11,13-14H2,1-4H3,(H,25,29)(H,26,28)/t22-/m1/s1. The number of nitrogens with zero attached hydrogens (tertiary/aromatic N) is 1. The normalized spacial score (nSPS) is 16.9. The molecule has 176 valence electrons. The molecule has 0 aromatic heterocycles. The Labute approximate surface area is 190 Å². The fourth-order valence-electron chi connectivity index (χ4n) is 4.06. The van der Waals surface area contributed by atoms with Gasteiger partial charge < -0.3 is 25.0 Å². The van der Waals surface area contributed by atoms with Crippen molar-refractivity contribution in [1.82, 2.24) is 15.5 Å². The topological polar surface area (TPSA) is 97.0 Å². The van der Waals surface area contributed by atoms with Crippen molar-refractivity contribution in [3.05, 3.63) is 23.8 Å². The van der Waals surface area contributed by atoms with Crippen LogP contribution in [0.5, 0.6) is 11.5 Å². The molecule has 1 fully saturated rings. The van der Waals surface area contributed by atoms with Crippen LogP contribution >= 0.6 is 0 Å². The van der Waals surface area contributed by atoms with Crippen LogP contribution in [-0.4, -0.2) is 55.1 Å². The van der Waals surface area contributed by atoms with E-state index in [1.807, 2.05) is 27.7 Å². The summed E-state index contributed by atoms with van der Waals surface area (Å²) in [4.78, 5) is 40.1. The summed E-state index contributed by atoms with van der Waals surface area (Å²) in [5, 5.41) is 5.92. The fourth-order valence-corrected chi connectivity index (χ4v) is 4.06. The van der Waals surface area contributed by atoms with Gasteiger partial charge in [-0.1, -0.05) is 27.7 Å². The summed E-state index contributed by atoms with van der Waals surface area (Å²) in [5.74, 6) is 1.45. The molecule has 8 heteroatoms. The zero-order chi connectivity index (χ0) is 23.3. The van der Waals surface area contributed by atoms with Crippen LogP contribution < -0.4 is 20.1 Å². The molecule has 1 aromatic rings. The lowest BCUT2D eigenvalue weighted by molar-refractivity contribution is -0.131. The molecule has 0 bridgehead atoms. The maximum atomic E-state index is 13.0. The Bertz CT molecular complexity index is 831. The van der Waals surface area contributed by atoms with Gasteiger partial charge >= 0.3 is 0 Å². The molecule has 0 saturated carbocycles. The molecule has 2 heterocycles. The summed E-state index contributed by atoms with van der Waals surface area (Å²) >= 11 is 0. The van der Waals surface area contributed by atoms with Crippen molar-refractivity contribution in [2.24, 2.45) is 17.8 Å². The maximum absolute atomic E-state index is 13.0. The number of nitrogens with one attached hydrogen (secondary N) is 2. The summed E-state index contributed by atoms with van der Waals surface area (Å²) in [5.41, 5.74) is 0.559. The molecule has 3 amide bonds. The van der Waals surface area contributed by atoms with Crippen LogP contribution in [0, 0.1) is 17.8 Å². The van der Waals surface area contributed by atoms with Crippen molar-refractivity contribution in [3.8, 4) is 11.5 Å². The Balaban J connectivity index is 1.62. The largest absolute Gasteiger partial charge is 0.454 e. The van der Waals surface area contributed by atoms with Gasteiger partial charge in [-0.15, -0.1) is 0 Å². The predicted molar refractivity (Wildman–Crippen MR) is 120 cm³/mol. The molecular weight excluding hydrogens is 410 g/mol. The minimum Gasteiger partial charge on any atom is -0.454 e. The second-order valence-electron chi connectivity index (χ2n) is 9.48. The van der Waals surface area contributed by atoms with E-state index in [-0.39, 0.29) is 36.4 Å². The van der Waals surface area contributed by atoms with E-state index in [0.717, 1.165) is 0 Å². The molecule has 3 rings (SSSR count). The summed E-state index contributed by atoms with van der Waals surface area (Å²) < 4.78 is 10.7. The van der Waals surface area contributed by atoms with E-state index in [9.17, 15) is 14.4 Å². The average Bonchev–Trinajstić information content (AvgIpc) is 3.23. The Morgan fingerprint density at radius 3 is 2.38 bits per heavy atom. The Kier molecular flexibility index (Phi) is 7.99. The number of rotatable bonds is 8. The molecule has 1 aromatic carbocycles. The maximum Gasteiger partial charge on any atom is 0.253 e. The number of fused-ring (bicyclic) bond motifs is 1. The molecule has 0 radical (unpaired) electrons. The molecule has 0 unspecified atom stereocenters. The van der Waals surface area contributed by atoms with Gasteiger partial charge in [-0.05, 0) is 48.8 Å². The molecule has 1 atom stereocenters. The highest BCUT2D eigenvalue weighted by atomic mass is 16.7. The van der Waals surface area contributed by atoms with Crippen molar-refractivity contribution in [1.29, 1.82) is 0 Å². The molecule has 1 saturated heterocycles. The first-order valence-corrected chi connectivity index (χ1v) is 11.5. The minimum absolute atomic E-state index is 0.0147. The number of hydrogen-bond acceptors (Lipinski definition) is 5. The molecule has 2 aliphatic heterocycles. The van der Waals surface area contributed by atoms with E-state index in [2.05, 4.69) is 10.6 Å². The lowest BCUT2D eigenvalue weighted by Gasteiger charge is -2.36. The second-order valence-corrected chi connectivity index (χ2v) is 9.48. The highest BCUT2D eigenvalue weighted by molar-refractivity contribution is 5.95. The van der Waals surface area contributed by atoms with Gasteiger partial charge in [0.25, 0.3) is 5.91 Å². The number of benzene rings is 1. The second kappa shape index (κ2) is 10.7. The van der Waals surface area contributed by atoms with Gasteiger partial charge in [-0.2, -0.15) is 0 Å². The summed E-state index contributed by atoms with van der Waals surface area (Å²) in [7, 11) is 0. The highest BCUT2D eigenvalue weighted by Crippen LogP contribution is 2.33. The van der Waals surface area contributed by atoms with E-state index in [0.29, 0.717) is 61.9 Å². The van der Waals surface area contributed by atoms with Crippen LogP contribution in [-0.2, 0) is 9.59 Å². The van der Waals surface area contributed by atoms with E-state index >= 15 is 0 Å². The van der Waals surface area contributed by atoms with Gasteiger partial charge in [0.15, 0.2) is 11.5 Å². The molecule has 0 aliphatic carbocycles. The zero-order valence-electron chi connectivity index (χ0n) is 19.5. The first kappa shape index (κ1) is 23.9. The van der Waals surface area contributed by atoms with Gasteiger partial charge in [0, 0.05) is 31.6 Å². The lowest BCUT2D eigenvalue weighted by atomic mass is 9.88. The average molecular weight is 446 g/mol. The highest BCUT2D eigenvalue weighted by Gasteiger charge is 2.34. The van der Waals surface area contributed by atoms with Crippen molar-refractivity contribution in [2.75, 3.05) is 26.4 Å². The first-order valence-electron chi connectivity index (χ1n) is 11.5. The Morgan fingerprint density at radius 1 is 1.03 bits per heavy atom. The quantitative estimate of drug-likeness (QED) is 0.641. The molecule has 8 nitrogen and oxygen atoms in total. The number of ether oxygens (including phenoxy) is 2. The van der Waals surface area contributed by atoms with Crippen LogP contribution in [0.1, 0.15) is 57.3 Å². The van der Waals surface area contributed by atoms with E-state index in [1.54, 1.807) is 23.1 Å². The first-order chi connectivity index (χ1) is 15.2. The third-order valence-electron chi connectivity index (χ3n) is 5.79. The Morgan fingerprint density at radius 2 is 1.72 bits per heavy atom.